The number of nitrogens with zero attached hydrogens (tertiary/aromatic N) is 3. The fraction of sp³-hybridized carbons (Fsp3) is 0.324. The molecule has 0 bridgehead atoms. The molecule has 260 valence electrons. The molecule has 4 heterocycles. The Morgan fingerprint density at radius 2 is 1.86 bits per heavy atom. The van der Waals surface area contributed by atoms with E-state index in [1.807, 2.05) is 31.3 Å². The van der Waals surface area contributed by atoms with Crippen LogP contribution in [-0.4, -0.2) is 60.8 Å². The van der Waals surface area contributed by atoms with Crippen molar-refractivity contribution >= 4 is 52.3 Å². The number of para-hydroxylation sites is 2. The van der Waals surface area contributed by atoms with Crippen LogP contribution in [-0.2, 0) is 25.6 Å². The van der Waals surface area contributed by atoms with E-state index in [9.17, 15) is 19.2 Å². The highest BCUT2D eigenvalue weighted by Gasteiger charge is 2.35. The maximum atomic E-state index is 12.7. The number of pyridine rings is 1. The van der Waals surface area contributed by atoms with Crippen molar-refractivity contribution in [1.82, 2.24) is 20.2 Å². The first kappa shape index (κ1) is 34.9. The van der Waals surface area contributed by atoms with Gasteiger partial charge in [0.15, 0.2) is 12.7 Å². The summed E-state index contributed by atoms with van der Waals surface area (Å²) < 4.78 is 14.8. The van der Waals surface area contributed by atoms with Gasteiger partial charge >= 0.3 is 5.69 Å². The van der Waals surface area contributed by atoms with Crippen LogP contribution in [0.15, 0.2) is 92.6 Å². The third kappa shape index (κ3) is 7.75. The Morgan fingerprint density at radius 1 is 1.08 bits per heavy atom. The summed E-state index contributed by atoms with van der Waals surface area (Å²) in [4.78, 5) is 55.7. The van der Waals surface area contributed by atoms with Crippen LogP contribution in [0.5, 0.6) is 0 Å². The molecule has 13 heteroatoms. The molecular formula is C37H41N6O6S+. The molecule has 3 atom stereocenters. The quantitative estimate of drug-likeness (QED) is 0.116. The summed E-state index contributed by atoms with van der Waals surface area (Å²) in [5, 5.41) is 7.80. The van der Waals surface area contributed by atoms with Gasteiger partial charge in [0, 0.05) is 63.0 Å². The maximum absolute atomic E-state index is 12.7. The van der Waals surface area contributed by atoms with Crippen molar-refractivity contribution < 1.29 is 23.6 Å². The number of aromatic amines is 1. The number of fused-ring (bicyclic) bond motifs is 2. The van der Waals surface area contributed by atoms with Crippen molar-refractivity contribution in [2.24, 2.45) is 0 Å². The molecule has 6 rings (SSSR count). The summed E-state index contributed by atoms with van der Waals surface area (Å²) in [5.74, 6) is -0.578. The van der Waals surface area contributed by atoms with E-state index >= 15 is 0 Å². The van der Waals surface area contributed by atoms with Gasteiger partial charge in [0.05, 0.1) is 40.3 Å². The zero-order valence-electron chi connectivity index (χ0n) is 28.3. The van der Waals surface area contributed by atoms with Gasteiger partial charge in [0.2, 0.25) is 17.3 Å². The summed E-state index contributed by atoms with van der Waals surface area (Å²) >= 11 is 1.75. The number of rotatable bonds is 12. The van der Waals surface area contributed by atoms with Gasteiger partial charge in [0.25, 0.3) is 5.56 Å². The van der Waals surface area contributed by atoms with E-state index in [1.165, 1.54) is 33.5 Å². The van der Waals surface area contributed by atoms with E-state index < -0.39 is 23.4 Å². The van der Waals surface area contributed by atoms with E-state index in [4.69, 9.17) is 9.47 Å². The summed E-state index contributed by atoms with van der Waals surface area (Å²) in [6.45, 7) is 2.91. The molecule has 1 saturated heterocycles. The molecule has 0 saturated carbocycles. The number of amides is 2. The molecule has 12 nitrogen and oxygen atoms in total. The predicted octanol–water partition coefficient (Wildman–Crippen LogP) is 3.57. The average Bonchev–Trinajstić information content (AvgIpc) is 3.69. The first-order chi connectivity index (χ1) is 24.2. The summed E-state index contributed by atoms with van der Waals surface area (Å²) in [7, 11) is 3.68. The number of benzene rings is 2. The van der Waals surface area contributed by atoms with Gasteiger partial charge in [-0.25, -0.2) is 4.79 Å². The number of hydrogen-bond donors (Lipinski definition) is 3. The highest BCUT2D eigenvalue weighted by atomic mass is 32.2. The van der Waals surface area contributed by atoms with Crippen LogP contribution in [0.25, 0.3) is 23.1 Å². The van der Waals surface area contributed by atoms with Gasteiger partial charge in [-0.3, -0.25) is 23.9 Å². The van der Waals surface area contributed by atoms with E-state index in [2.05, 4.69) is 74.6 Å². The van der Waals surface area contributed by atoms with Gasteiger partial charge in [-0.1, -0.05) is 43.0 Å². The van der Waals surface area contributed by atoms with Crippen molar-refractivity contribution in [2.75, 3.05) is 32.1 Å². The number of H-pyrrole nitrogens is 1. The van der Waals surface area contributed by atoms with Gasteiger partial charge in [-0.2, -0.15) is 4.57 Å². The maximum Gasteiger partial charge on any atom is 0.330 e. The zero-order valence-corrected chi connectivity index (χ0v) is 29.1. The fourth-order valence-corrected chi connectivity index (χ4v) is 7.35. The van der Waals surface area contributed by atoms with E-state index in [0.29, 0.717) is 13.0 Å². The molecule has 3 N–H and O–H groups in total. The lowest BCUT2D eigenvalue weighted by Gasteiger charge is -2.15. The summed E-state index contributed by atoms with van der Waals surface area (Å²) in [6, 6.07) is 18.6. The van der Waals surface area contributed by atoms with Crippen LogP contribution in [0, 0.1) is 0 Å². The number of aryl methyl sites for hydroxylation is 1. The lowest BCUT2D eigenvalue weighted by Crippen LogP contribution is -2.39. The molecular weight excluding hydrogens is 657 g/mol. The van der Waals surface area contributed by atoms with Crippen LogP contribution in [0.2, 0.25) is 0 Å². The zero-order chi connectivity index (χ0) is 35.2. The Morgan fingerprint density at radius 3 is 2.64 bits per heavy atom. The molecule has 0 spiro atoms. The molecule has 2 aromatic carbocycles. The molecule has 0 aliphatic carbocycles. The monoisotopic (exact) mass is 697 g/mol. The number of hydrogen-bond acceptors (Lipinski definition) is 8. The van der Waals surface area contributed by atoms with Gasteiger partial charge in [-0.05, 0) is 42.3 Å². The first-order valence-corrected chi connectivity index (χ1v) is 17.5. The minimum absolute atomic E-state index is 0.135. The van der Waals surface area contributed by atoms with Crippen molar-refractivity contribution in [3.05, 3.63) is 110 Å². The number of ether oxygens (including phenoxy) is 2. The molecule has 50 heavy (non-hydrogen) atoms. The minimum Gasteiger partial charge on any atom is -0.379 e. The van der Waals surface area contributed by atoms with Crippen LogP contribution in [0.3, 0.4) is 0 Å². The number of anilines is 1. The molecule has 1 fully saturated rings. The smallest absolute Gasteiger partial charge is 0.330 e. The Hall–Kier alpha value is -4.98. The molecule has 2 aromatic heterocycles. The Bertz CT molecular complexity index is 2060. The summed E-state index contributed by atoms with van der Waals surface area (Å²) in [6.07, 6.45) is 8.70. The molecule has 2 amide bonds. The molecule has 2 aliphatic rings. The lowest BCUT2D eigenvalue weighted by atomic mass is 10.1. The SMILES string of the molecule is CCC1OC(n2cc(/C=C/C(=O)NCCNC(=O)CC[n+]3ccc(/C=C4\Sc5ccccc5N4C)c4ccccc43)c(=O)[nH]c2=O)CC1OC. The standard InChI is InChI=1S/C37H40N6O6S/c1-4-29-30(48-3)22-34(49-29)43-23-25(36(46)40-37(43)47)13-14-32(44)38-17-18-39-33(45)16-20-42-19-15-24(26-9-5-6-10-27(26)42)21-35-41(2)28-11-7-8-12-31(28)50-35/h5-15,19,21,23,29-30,34H,4,16-18,20,22H2,1-3H3,(H2-,38,39,40,44,45,46,47)/p+1/b14-13+. The second-order valence-corrected chi connectivity index (χ2v) is 13.2. The average molecular weight is 698 g/mol. The lowest BCUT2D eigenvalue weighted by molar-refractivity contribution is -0.670. The fourth-order valence-electron chi connectivity index (χ4n) is 6.25. The molecule has 0 radical (unpaired) electrons. The minimum atomic E-state index is -0.611. The normalized spacial score (nSPS) is 19.4. The largest absolute Gasteiger partial charge is 0.379 e. The highest BCUT2D eigenvalue weighted by Crippen LogP contribution is 2.45. The Balaban J connectivity index is 0.990. The van der Waals surface area contributed by atoms with Crippen molar-refractivity contribution in [1.29, 1.82) is 0 Å². The van der Waals surface area contributed by atoms with E-state index in [0.717, 1.165) is 27.9 Å². The molecule has 2 aliphatic heterocycles. The van der Waals surface area contributed by atoms with Crippen LogP contribution in [0.1, 0.15) is 43.5 Å². The number of methoxy groups -OCH3 is 1. The second kappa shape index (κ2) is 15.7. The Kier molecular flexibility index (Phi) is 11.0. The number of thioether (sulfide) groups is 1. The first-order valence-electron chi connectivity index (χ1n) is 16.7. The molecule has 4 aromatic rings. The van der Waals surface area contributed by atoms with Gasteiger partial charge in [-0.15, -0.1) is 0 Å². The van der Waals surface area contributed by atoms with E-state index in [1.54, 1.807) is 18.9 Å². The topological polar surface area (TPSA) is 139 Å². The Labute approximate surface area is 293 Å². The van der Waals surface area contributed by atoms with Crippen LogP contribution < -0.4 is 31.3 Å². The predicted molar refractivity (Wildman–Crippen MR) is 193 cm³/mol. The van der Waals surface area contributed by atoms with Crippen molar-refractivity contribution in [3.8, 4) is 0 Å². The van der Waals surface area contributed by atoms with E-state index in [-0.39, 0.29) is 43.2 Å². The van der Waals surface area contributed by atoms with Gasteiger partial charge < -0.3 is 25.0 Å². The number of nitrogens with one attached hydrogen (secondary N) is 3. The second-order valence-electron chi connectivity index (χ2n) is 12.1. The highest BCUT2D eigenvalue weighted by molar-refractivity contribution is 8.03. The summed E-state index contributed by atoms with van der Waals surface area (Å²) in [5.41, 5.74) is 2.26. The van der Waals surface area contributed by atoms with Crippen molar-refractivity contribution in [3.63, 3.8) is 0 Å². The van der Waals surface area contributed by atoms with Crippen molar-refractivity contribution in [2.45, 2.75) is 56.1 Å². The van der Waals surface area contributed by atoms with Crippen LogP contribution in [0.4, 0.5) is 5.69 Å². The molecule has 3 unspecified atom stereocenters. The van der Waals surface area contributed by atoms with Crippen LogP contribution >= 0.6 is 11.8 Å². The number of aromatic nitrogens is 3. The number of carbonyl (C=O) groups excluding carboxylic acids is 2. The third-order valence-electron chi connectivity index (χ3n) is 8.94. The van der Waals surface area contributed by atoms with Gasteiger partial charge in [0.1, 0.15) is 6.23 Å². The number of carbonyl (C=O) groups is 2. The third-order valence-corrected chi connectivity index (χ3v) is 10.1.